The van der Waals surface area contributed by atoms with E-state index in [1.165, 1.54) is 13.2 Å². The lowest BCUT2D eigenvalue weighted by Crippen LogP contribution is -2.01. The third-order valence-corrected chi connectivity index (χ3v) is 4.53. The summed E-state index contributed by atoms with van der Waals surface area (Å²) >= 11 is 0. The summed E-state index contributed by atoms with van der Waals surface area (Å²) in [5, 5.41) is 0. The zero-order valence-electron chi connectivity index (χ0n) is 14.4. The van der Waals surface area contributed by atoms with Gasteiger partial charge in [0.2, 0.25) is 11.7 Å². The summed E-state index contributed by atoms with van der Waals surface area (Å²) in [5.74, 6) is 1.78. The van der Waals surface area contributed by atoms with Crippen LogP contribution in [0.5, 0.6) is 11.6 Å². The van der Waals surface area contributed by atoms with E-state index in [1.807, 2.05) is 0 Å². The van der Waals surface area contributed by atoms with Gasteiger partial charge in [-0.15, -0.1) is 0 Å². The number of benzene rings is 1. The van der Waals surface area contributed by atoms with Crippen LogP contribution in [0.1, 0.15) is 29.4 Å². The molecule has 7 heteroatoms. The van der Waals surface area contributed by atoms with Gasteiger partial charge >= 0.3 is 0 Å². The summed E-state index contributed by atoms with van der Waals surface area (Å²) in [6.45, 7) is 0. The molecule has 1 fully saturated rings. The van der Waals surface area contributed by atoms with E-state index < -0.39 is 0 Å². The first-order valence-corrected chi connectivity index (χ1v) is 8.23. The van der Waals surface area contributed by atoms with Crippen LogP contribution in [0, 0.1) is 5.82 Å². The molecule has 0 aliphatic heterocycles. The fraction of sp³-hybridized carbons (Fsp3) is 0.263. The first-order valence-electron chi connectivity index (χ1n) is 8.23. The summed E-state index contributed by atoms with van der Waals surface area (Å²) in [5.41, 5.74) is 1.96. The molecule has 3 aromatic rings. The normalized spacial score (nSPS) is 18.4. The number of rotatable bonds is 5. The second kappa shape index (κ2) is 6.67. The molecule has 26 heavy (non-hydrogen) atoms. The Kier molecular flexibility index (Phi) is 4.20. The predicted molar refractivity (Wildman–Crippen MR) is 92.7 cm³/mol. The zero-order valence-corrected chi connectivity index (χ0v) is 14.4. The van der Waals surface area contributed by atoms with Crippen molar-refractivity contribution < 1.29 is 13.9 Å². The van der Waals surface area contributed by atoms with Crippen LogP contribution in [0.4, 0.5) is 4.39 Å². The van der Waals surface area contributed by atoms with Gasteiger partial charge in [-0.05, 0) is 42.0 Å². The van der Waals surface area contributed by atoms with E-state index in [1.54, 1.807) is 43.9 Å². The molecule has 6 nitrogen and oxygen atoms in total. The smallest absolute Gasteiger partial charge is 0.220 e. The second-order valence-electron chi connectivity index (χ2n) is 6.07. The van der Waals surface area contributed by atoms with Gasteiger partial charge in [0, 0.05) is 24.2 Å². The van der Waals surface area contributed by atoms with Gasteiger partial charge < -0.3 is 9.47 Å². The lowest BCUT2D eigenvalue weighted by molar-refractivity contribution is 0.386. The van der Waals surface area contributed by atoms with Crippen molar-refractivity contribution in [2.75, 3.05) is 14.2 Å². The molecule has 0 spiro atoms. The molecule has 2 aromatic heterocycles. The highest BCUT2D eigenvalue weighted by Crippen LogP contribution is 2.56. The van der Waals surface area contributed by atoms with Crippen LogP contribution in [-0.2, 0) is 0 Å². The van der Waals surface area contributed by atoms with E-state index >= 15 is 0 Å². The Bertz CT molecular complexity index is 936. The molecule has 0 N–H and O–H groups in total. The molecule has 2 heterocycles. The summed E-state index contributed by atoms with van der Waals surface area (Å²) in [6.07, 6.45) is 5.98. The van der Waals surface area contributed by atoms with Crippen LogP contribution in [0.3, 0.4) is 0 Å². The topological polar surface area (TPSA) is 70.0 Å². The van der Waals surface area contributed by atoms with Gasteiger partial charge in [0.25, 0.3) is 0 Å². The third-order valence-electron chi connectivity index (χ3n) is 4.53. The summed E-state index contributed by atoms with van der Waals surface area (Å²) < 4.78 is 24.2. The van der Waals surface area contributed by atoms with Gasteiger partial charge in [-0.25, -0.2) is 19.3 Å². The molecule has 1 saturated carbocycles. The number of methoxy groups -OCH3 is 2. The summed E-state index contributed by atoms with van der Waals surface area (Å²) in [6, 6.07) is 6.72. The van der Waals surface area contributed by atoms with E-state index in [2.05, 4.69) is 19.9 Å². The van der Waals surface area contributed by atoms with Crippen molar-refractivity contribution in [3.8, 4) is 23.3 Å². The third kappa shape index (κ3) is 2.96. The Morgan fingerprint density at radius 2 is 1.81 bits per heavy atom. The second-order valence-corrected chi connectivity index (χ2v) is 6.07. The van der Waals surface area contributed by atoms with Crippen LogP contribution < -0.4 is 9.47 Å². The highest BCUT2D eigenvalue weighted by atomic mass is 19.1. The van der Waals surface area contributed by atoms with Crippen LogP contribution in [-0.4, -0.2) is 34.2 Å². The molecule has 132 valence electrons. The number of aromatic nitrogens is 4. The van der Waals surface area contributed by atoms with Crippen molar-refractivity contribution in [1.29, 1.82) is 0 Å². The maximum absolute atomic E-state index is 13.6. The molecular formula is C19H17FN4O2. The minimum atomic E-state index is -0.360. The van der Waals surface area contributed by atoms with Crippen LogP contribution >= 0.6 is 0 Å². The maximum Gasteiger partial charge on any atom is 0.220 e. The lowest BCUT2D eigenvalue weighted by Gasteiger charge is -2.09. The van der Waals surface area contributed by atoms with Gasteiger partial charge in [0.1, 0.15) is 0 Å². The monoisotopic (exact) mass is 352 g/mol. The van der Waals surface area contributed by atoms with E-state index in [-0.39, 0.29) is 23.4 Å². The summed E-state index contributed by atoms with van der Waals surface area (Å²) in [7, 11) is 3.05. The Labute approximate surface area is 150 Å². The van der Waals surface area contributed by atoms with E-state index in [0.29, 0.717) is 17.5 Å². The molecule has 0 amide bonds. The highest BCUT2D eigenvalue weighted by molar-refractivity contribution is 5.48. The molecular weight excluding hydrogens is 335 g/mol. The van der Waals surface area contributed by atoms with Crippen molar-refractivity contribution in [3.05, 3.63) is 59.8 Å². The quantitative estimate of drug-likeness (QED) is 0.701. The fourth-order valence-corrected chi connectivity index (χ4v) is 3.13. The average molecular weight is 352 g/mol. The van der Waals surface area contributed by atoms with Crippen LogP contribution in [0.25, 0.3) is 11.6 Å². The van der Waals surface area contributed by atoms with Gasteiger partial charge in [-0.2, -0.15) is 4.98 Å². The molecule has 1 aliphatic carbocycles. The highest BCUT2D eigenvalue weighted by Gasteiger charge is 2.42. The number of nitrogens with zero attached hydrogens (tertiary/aromatic N) is 4. The van der Waals surface area contributed by atoms with E-state index in [0.717, 1.165) is 17.5 Å². The standard InChI is InChI=1S/C19H17FN4O2/c1-25-16-8-11(4-5-15(16)20)12-9-13(12)14-10-23-18(24-19(14)26-2)17-21-6-3-7-22-17/h3-8,10,12-13H,9H2,1-2H3/t12-,13+/m0/s1. The van der Waals surface area contributed by atoms with Gasteiger partial charge in [0.15, 0.2) is 17.4 Å². The zero-order chi connectivity index (χ0) is 18.1. The molecule has 0 saturated heterocycles. The molecule has 4 rings (SSSR count). The minimum absolute atomic E-state index is 0.228. The molecule has 0 radical (unpaired) electrons. The fourth-order valence-electron chi connectivity index (χ4n) is 3.13. The van der Waals surface area contributed by atoms with Gasteiger partial charge in [0.05, 0.1) is 14.2 Å². The SMILES string of the molecule is COc1cc([C@@H]2C[C@H]2c2cnc(-c3ncccn3)nc2OC)ccc1F. The van der Waals surface area contributed by atoms with Crippen molar-refractivity contribution in [3.63, 3.8) is 0 Å². The number of hydrogen-bond acceptors (Lipinski definition) is 6. The number of halogens is 1. The molecule has 0 unspecified atom stereocenters. The average Bonchev–Trinajstić information content (AvgIpc) is 3.49. The Balaban J connectivity index is 1.61. The maximum atomic E-state index is 13.6. The van der Waals surface area contributed by atoms with Crippen molar-refractivity contribution >= 4 is 0 Å². The Morgan fingerprint density at radius 3 is 2.54 bits per heavy atom. The number of hydrogen-bond donors (Lipinski definition) is 0. The van der Waals surface area contributed by atoms with Crippen LogP contribution in [0.15, 0.2) is 42.9 Å². The van der Waals surface area contributed by atoms with Crippen LogP contribution in [0.2, 0.25) is 0 Å². The largest absolute Gasteiger partial charge is 0.494 e. The molecule has 0 bridgehead atoms. The molecule has 1 aromatic carbocycles. The van der Waals surface area contributed by atoms with Gasteiger partial charge in [-0.3, -0.25) is 0 Å². The van der Waals surface area contributed by atoms with Crippen molar-refractivity contribution in [2.45, 2.75) is 18.3 Å². The lowest BCUT2D eigenvalue weighted by atomic mass is 10.1. The van der Waals surface area contributed by atoms with Crippen molar-refractivity contribution in [2.24, 2.45) is 0 Å². The molecule has 1 aliphatic rings. The first kappa shape index (κ1) is 16.4. The van der Waals surface area contributed by atoms with Gasteiger partial charge in [-0.1, -0.05) is 6.07 Å². The van der Waals surface area contributed by atoms with E-state index in [4.69, 9.17) is 9.47 Å². The minimum Gasteiger partial charge on any atom is -0.494 e. The van der Waals surface area contributed by atoms with E-state index in [9.17, 15) is 4.39 Å². The van der Waals surface area contributed by atoms with Crippen molar-refractivity contribution in [1.82, 2.24) is 19.9 Å². The summed E-state index contributed by atoms with van der Waals surface area (Å²) in [4.78, 5) is 17.2. The predicted octanol–water partition coefficient (Wildman–Crippen LogP) is 3.36. The number of ether oxygens (including phenoxy) is 2. The Morgan fingerprint density at radius 1 is 1.00 bits per heavy atom. The molecule has 2 atom stereocenters. The first-order chi connectivity index (χ1) is 12.7. The Hall–Kier alpha value is -3.09.